The van der Waals surface area contributed by atoms with Crippen molar-refractivity contribution >= 4 is 11.8 Å². The first-order chi connectivity index (χ1) is 9.52. The maximum Gasteiger partial charge on any atom is 0.248 e. The molecule has 20 heavy (non-hydrogen) atoms. The van der Waals surface area contributed by atoms with Crippen LogP contribution in [0.1, 0.15) is 65.7 Å². The molecule has 0 aromatic carbocycles. The van der Waals surface area contributed by atoms with E-state index in [0.717, 1.165) is 6.54 Å². The maximum absolute atomic E-state index is 13.0. The summed E-state index contributed by atoms with van der Waals surface area (Å²) >= 11 is 0. The van der Waals surface area contributed by atoms with Gasteiger partial charge in [0.25, 0.3) is 0 Å². The normalized spacial score (nSPS) is 27.6. The van der Waals surface area contributed by atoms with Crippen LogP contribution in [0.4, 0.5) is 0 Å². The first-order valence-corrected chi connectivity index (χ1v) is 8.14. The third-order valence-electron chi connectivity index (χ3n) is 5.20. The van der Waals surface area contributed by atoms with E-state index in [0.29, 0.717) is 25.2 Å². The zero-order chi connectivity index (χ0) is 14.8. The summed E-state index contributed by atoms with van der Waals surface area (Å²) < 4.78 is 0. The molecule has 2 rings (SSSR count). The molecule has 0 spiro atoms. The van der Waals surface area contributed by atoms with Crippen LogP contribution in [-0.2, 0) is 9.59 Å². The van der Waals surface area contributed by atoms with Crippen molar-refractivity contribution in [1.29, 1.82) is 0 Å². The van der Waals surface area contributed by atoms with Crippen molar-refractivity contribution in [3.05, 3.63) is 0 Å². The molecule has 1 aliphatic heterocycles. The van der Waals surface area contributed by atoms with Gasteiger partial charge in [-0.3, -0.25) is 9.59 Å². The van der Waals surface area contributed by atoms with E-state index in [4.69, 9.17) is 0 Å². The topological polar surface area (TPSA) is 49.4 Å². The Kier molecular flexibility index (Phi) is 4.71. The van der Waals surface area contributed by atoms with Crippen LogP contribution < -0.4 is 5.32 Å². The molecule has 0 radical (unpaired) electrons. The third-order valence-corrected chi connectivity index (χ3v) is 5.20. The minimum Gasteiger partial charge on any atom is -0.342 e. The third kappa shape index (κ3) is 2.84. The monoisotopic (exact) mass is 280 g/mol. The van der Waals surface area contributed by atoms with Crippen molar-refractivity contribution in [3.8, 4) is 0 Å². The molecule has 1 unspecified atom stereocenters. The average molecular weight is 280 g/mol. The van der Waals surface area contributed by atoms with Gasteiger partial charge in [-0.2, -0.15) is 0 Å². The molecule has 1 aliphatic carbocycles. The van der Waals surface area contributed by atoms with Crippen LogP contribution in [0.3, 0.4) is 0 Å². The molecular weight excluding hydrogens is 252 g/mol. The Morgan fingerprint density at radius 1 is 1.20 bits per heavy atom. The van der Waals surface area contributed by atoms with Gasteiger partial charge in [-0.05, 0) is 38.5 Å². The SMILES string of the molecule is CCC1(CC)NC(=O)CC(C)N(CC2CCCC2)C1=O. The van der Waals surface area contributed by atoms with Crippen molar-refractivity contribution in [1.82, 2.24) is 10.2 Å². The van der Waals surface area contributed by atoms with E-state index < -0.39 is 5.54 Å². The van der Waals surface area contributed by atoms with E-state index in [1.165, 1.54) is 25.7 Å². The maximum atomic E-state index is 13.0. The van der Waals surface area contributed by atoms with E-state index >= 15 is 0 Å². The highest BCUT2D eigenvalue weighted by molar-refractivity contribution is 5.94. The summed E-state index contributed by atoms with van der Waals surface area (Å²) in [5.74, 6) is 0.775. The molecule has 1 atom stereocenters. The Hall–Kier alpha value is -1.06. The van der Waals surface area contributed by atoms with Gasteiger partial charge in [0.05, 0.1) is 0 Å². The minimum atomic E-state index is -0.680. The van der Waals surface area contributed by atoms with Gasteiger partial charge in [0.15, 0.2) is 0 Å². The van der Waals surface area contributed by atoms with Gasteiger partial charge < -0.3 is 10.2 Å². The quantitative estimate of drug-likeness (QED) is 0.860. The summed E-state index contributed by atoms with van der Waals surface area (Å²) in [4.78, 5) is 27.0. The predicted octanol–water partition coefficient (Wildman–Crippen LogP) is 2.47. The van der Waals surface area contributed by atoms with Gasteiger partial charge in [0.1, 0.15) is 5.54 Å². The van der Waals surface area contributed by atoms with Crippen LogP contribution in [0.15, 0.2) is 0 Å². The van der Waals surface area contributed by atoms with E-state index in [1.807, 2.05) is 25.7 Å². The first kappa shape index (κ1) is 15.3. The lowest BCUT2D eigenvalue weighted by atomic mass is 9.90. The zero-order valence-corrected chi connectivity index (χ0v) is 13.1. The Bertz CT molecular complexity index is 371. The average Bonchev–Trinajstić information content (AvgIpc) is 2.91. The lowest BCUT2D eigenvalue weighted by Gasteiger charge is -2.36. The fourth-order valence-corrected chi connectivity index (χ4v) is 3.69. The standard InChI is InChI=1S/C16H28N2O2/c1-4-16(5-2)15(20)18(11-13-8-6-7-9-13)12(3)10-14(19)17-16/h12-13H,4-11H2,1-3H3,(H,17,19). The fraction of sp³-hybridized carbons (Fsp3) is 0.875. The number of rotatable bonds is 4. The van der Waals surface area contributed by atoms with Gasteiger partial charge in [-0.1, -0.05) is 26.7 Å². The smallest absolute Gasteiger partial charge is 0.248 e. The molecule has 4 nitrogen and oxygen atoms in total. The largest absolute Gasteiger partial charge is 0.342 e. The molecule has 2 aliphatic rings. The molecule has 2 amide bonds. The predicted molar refractivity (Wildman–Crippen MR) is 79.2 cm³/mol. The molecule has 4 heteroatoms. The van der Waals surface area contributed by atoms with E-state index in [-0.39, 0.29) is 17.9 Å². The van der Waals surface area contributed by atoms with E-state index in [2.05, 4.69) is 5.32 Å². The van der Waals surface area contributed by atoms with Crippen molar-refractivity contribution in [2.24, 2.45) is 5.92 Å². The summed E-state index contributed by atoms with van der Waals surface area (Å²) in [6.45, 7) is 6.82. The van der Waals surface area contributed by atoms with Crippen LogP contribution >= 0.6 is 0 Å². The fourth-order valence-electron chi connectivity index (χ4n) is 3.69. The van der Waals surface area contributed by atoms with Crippen molar-refractivity contribution in [3.63, 3.8) is 0 Å². The summed E-state index contributed by atoms with van der Waals surface area (Å²) in [5.41, 5.74) is -0.680. The van der Waals surface area contributed by atoms with Crippen molar-refractivity contribution in [2.45, 2.75) is 77.3 Å². The molecule has 2 fully saturated rings. The Labute approximate surface area is 122 Å². The van der Waals surface area contributed by atoms with Crippen LogP contribution in [0, 0.1) is 5.92 Å². The summed E-state index contributed by atoms with van der Waals surface area (Å²) in [5, 5.41) is 3.00. The Morgan fingerprint density at radius 3 is 2.35 bits per heavy atom. The number of carbonyl (C=O) groups is 2. The first-order valence-electron chi connectivity index (χ1n) is 8.14. The van der Waals surface area contributed by atoms with Gasteiger partial charge >= 0.3 is 0 Å². The second-order valence-electron chi connectivity index (χ2n) is 6.50. The van der Waals surface area contributed by atoms with Gasteiger partial charge in [-0.25, -0.2) is 0 Å². The summed E-state index contributed by atoms with van der Waals surface area (Å²) in [6, 6.07) is 0.0167. The van der Waals surface area contributed by atoms with E-state index in [1.54, 1.807) is 0 Å². The van der Waals surface area contributed by atoms with Crippen LogP contribution in [0.5, 0.6) is 0 Å². The van der Waals surface area contributed by atoms with Crippen LogP contribution in [0.2, 0.25) is 0 Å². The number of amides is 2. The van der Waals surface area contributed by atoms with Crippen molar-refractivity contribution < 1.29 is 9.59 Å². The molecule has 0 aromatic rings. The number of hydrogen-bond donors (Lipinski definition) is 1. The minimum absolute atomic E-state index is 0.0167. The molecule has 1 saturated carbocycles. The van der Waals surface area contributed by atoms with Gasteiger partial charge in [0, 0.05) is 19.0 Å². The number of nitrogens with zero attached hydrogens (tertiary/aromatic N) is 1. The Balaban J connectivity index is 2.22. The molecule has 1 heterocycles. The highest BCUT2D eigenvalue weighted by Gasteiger charge is 2.44. The molecule has 0 bridgehead atoms. The summed E-state index contributed by atoms with van der Waals surface area (Å²) in [6.07, 6.45) is 6.78. The van der Waals surface area contributed by atoms with Crippen molar-refractivity contribution in [2.75, 3.05) is 6.54 Å². The molecular formula is C16H28N2O2. The second kappa shape index (κ2) is 6.15. The van der Waals surface area contributed by atoms with Crippen LogP contribution in [-0.4, -0.2) is 34.8 Å². The Morgan fingerprint density at radius 2 is 1.80 bits per heavy atom. The number of carbonyl (C=O) groups excluding carboxylic acids is 2. The lowest BCUT2D eigenvalue weighted by molar-refractivity contribution is -0.141. The van der Waals surface area contributed by atoms with E-state index in [9.17, 15) is 9.59 Å². The highest BCUT2D eigenvalue weighted by atomic mass is 16.2. The van der Waals surface area contributed by atoms with Gasteiger partial charge in [0.2, 0.25) is 11.8 Å². The molecule has 1 N–H and O–H groups in total. The molecule has 0 aromatic heterocycles. The molecule has 114 valence electrons. The highest BCUT2D eigenvalue weighted by Crippen LogP contribution is 2.30. The zero-order valence-electron chi connectivity index (χ0n) is 13.1. The number of nitrogens with one attached hydrogen (secondary N) is 1. The molecule has 1 saturated heterocycles. The lowest BCUT2D eigenvalue weighted by Crippen LogP contribution is -2.57. The number of hydrogen-bond acceptors (Lipinski definition) is 2. The second-order valence-corrected chi connectivity index (χ2v) is 6.50. The summed E-state index contributed by atoms with van der Waals surface area (Å²) in [7, 11) is 0. The van der Waals surface area contributed by atoms with Gasteiger partial charge in [-0.15, -0.1) is 0 Å². The van der Waals surface area contributed by atoms with Crippen LogP contribution in [0.25, 0.3) is 0 Å².